The molecule has 0 saturated carbocycles. The van der Waals surface area contributed by atoms with Crippen molar-refractivity contribution < 1.29 is 4.74 Å². The van der Waals surface area contributed by atoms with Crippen LogP contribution in [0.25, 0.3) is 0 Å². The van der Waals surface area contributed by atoms with Crippen LogP contribution in [-0.4, -0.2) is 18.8 Å². The third-order valence-corrected chi connectivity index (χ3v) is 4.59. The van der Waals surface area contributed by atoms with Crippen LogP contribution in [-0.2, 0) is 17.6 Å². The molecule has 0 radical (unpaired) electrons. The average molecular weight is 289 g/mol. The van der Waals surface area contributed by atoms with Gasteiger partial charge in [-0.15, -0.1) is 0 Å². The first kappa shape index (κ1) is 16.5. The third kappa shape index (κ3) is 4.08. The Morgan fingerprint density at radius 2 is 2.00 bits per heavy atom. The summed E-state index contributed by atoms with van der Waals surface area (Å²) >= 11 is 0. The molecule has 0 aliphatic carbocycles. The lowest BCUT2D eigenvalue weighted by Gasteiger charge is -2.28. The molecule has 1 aliphatic heterocycles. The zero-order valence-electron chi connectivity index (χ0n) is 14.1. The zero-order chi connectivity index (χ0) is 15.2. The van der Waals surface area contributed by atoms with E-state index in [2.05, 4.69) is 51.2 Å². The smallest absolute Gasteiger partial charge is 0.0774 e. The molecular formula is C19H31NO. The molecule has 0 aromatic heterocycles. The fourth-order valence-electron chi connectivity index (χ4n) is 3.30. The fourth-order valence-corrected chi connectivity index (χ4v) is 3.30. The Labute approximate surface area is 130 Å². The maximum absolute atomic E-state index is 6.19. The maximum Gasteiger partial charge on any atom is 0.0774 e. The molecule has 2 nitrogen and oxygen atoms in total. The molecule has 3 unspecified atom stereocenters. The Bertz CT molecular complexity index is 443. The van der Waals surface area contributed by atoms with Gasteiger partial charge in [0.05, 0.1) is 18.2 Å². The lowest BCUT2D eigenvalue weighted by molar-refractivity contribution is 0.0314. The van der Waals surface area contributed by atoms with Gasteiger partial charge in [0.15, 0.2) is 0 Å². The normalized spacial score (nSPS) is 23.4. The van der Waals surface area contributed by atoms with E-state index in [0.717, 1.165) is 25.8 Å². The lowest BCUT2D eigenvalue weighted by Crippen LogP contribution is -2.33. The highest BCUT2D eigenvalue weighted by Gasteiger charge is 2.31. The molecule has 1 aromatic rings. The molecule has 0 bridgehead atoms. The van der Waals surface area contributed by atoms with Gasteiger partial charge in [-0.1, -0.05) is 39.0 Å². The molecule has 0 spiro atoms. The van der Waals surface area contributed by atoms with Crippen LogP contribution in [0.1, 0.15) is 69.7 Å². The van der Waals surface area contributed by atoms with Gasteiger partial charge in [0, 0.05) is 0 Å². The summed E-state index contributed by atoms with van der Waals surface area (Å²) in [6.45, 7) is 9.96. The second-order valence-electron chi connectivity index (χ2n) is 6.23. The highest BCUT2D eigenvalue weighted by atomic mass is 16.5. The monoisotopic (exact) mass is 289 g/mol. The predicted molar refractivity (Wildman–Crippen MR) is 89.8 cm³/mol. The number of rotatable bonds is 7. The Balaban J connectivity index is 2.30. The summed E-state index contributed by atoms with van der Waals surface area (Å²) in [5.74, 6) is 0. The van der Waals surface area contributed by atoms with E-state index in [1.165, 1.54) is 29.5 Å². The van der Waals surface area contributed by atoms with E-state index in [9.17, 15) is 0 Å². The summed E-state index contributed by atoms with van der Waals surface area (Å²) in [5.41, 5.74) is 4.35. The largest absolute Gasteiger partial charge is 0.373 e. The number of nitrogens with one attached hydrogen (secondary N) is 1. The second-order valence-corrected chi connectivity index (χ2v) is 6.23. The topological polar surface area (TPSA) is 21.3 Å². The Morgan fingerprint density at radius 1 is 1.19 bits per heavy atom. The van der Waals surface area contributed by atoms with Crippen LogP contribution in [0.15, 0.2) is 18.2 Å². The highest BCUT2D eigenvalue weighted by molar-refractivity contribution is 5.35. The van der Waals surface area contributed by atoms with Gasteiger partial charge in [-0.3, -0.25) is 0 Å². The molecule has 1 heterocycles. The van der Waals surface area contributed by atoms with Gasteiger partial charge in [0.25, 0.3) is 0 Å². The molecule has 1 saturated heterocycles. The molecule has 21 heavy (non-hydrogen) atoms. The standard InChI is InChI=1S/C19H31NO/c1-5-12-20-19(18-11-8-14(4)21-18)17-13-15(6-2)9-10-16(17)7-3/h9-10,13-14,18-20H,5-8,11-12H2,1-4H3. The minimum Gasteiger partial charge on any atom is -0.373 e. The van der Waals surface area contributed by atoms with Gasteiger partial charge < -0.3 is 10.1 Å². The first-order valence-electron chi connectivity index (χ1n) is 8.70. The Hall–Kier alpha value is -0.860. The van der Waals surface area contributed by atoms with Crippen molar-refractivity contribution in [3.8, 4) is 0 Å². The summed E-state index contributed by atoms with van der Waals surface area (Å²) in [5, 5.41) is 3.75. The fraction of sp³-hybridized carbons (Fsp3) is 0.684. The number of ether oxygens (including phenoxy) is 1. The van der Waals surface area contributed by atoms with Crippen LogP contribution in [0.2, 0.25) is 0 Å². The quantitative estimate of drug-likeness (QED) is 0.802. The molecule has 1 fully saturated rings. The maximum atomic E-state index is 6.19. The lowest BCUT2D eigenvalue weighted by atomic mass is 9.91. The Morgan fingerprint density at radius 3 is 2.57 bits per heavy atom. The van der Waals surface area contributed by atoms with Gasteiger partial charge in [-0.25, -0.2) is 0 Å². The van der Waals surface area contributed by atoms with Crippen molar-refractivity contribution in [3.63, 3.8) is 0 Å². The summed E-state index contributed by atoms with van der Waals surface area (Å²) in [7, 11) is 0. The van der Waals surface area contributed by atoms with Crippen molar-refractivity contribution in [2.75, 3.05) is 6.54 Å². The number of aryl methyl sites for hydroxylation is 2. The second kappa shape index (κ2) is 7.95. The van der Waals surface area contributed by atoms with Crippen LogP contribution < -0.4 is 5.32 Å². The molecule has 3 atom stereocenters. The molecule has 2 heteroatoms. The zero-order valence-corrected chi connectivity index (χ0v) is 14.1. The molecule has 118 valence electrons. The molecule has 1 aromatic carbocycles. The predicted octanol–water partition coefficient (Wildman–Crippen LogP) is 4.42. The van der Waals surface area contributed by atoms with Gasteiger partial charge in [0.1, 0.15) is 0 Å². The van der Waals surface area contributed by atoms with Crippen LogP contribution in [0.3, 0.4) is 0 Å². The van der Waals surface area contributed by atoms with Crippen molar-refractivity contribution in [2.24, 2.45) is 0 Å². The molecule has 1 aliphatic rings. The van der Waals surface area contributed by atoms with Gasteiger partial charge in [0.2, 0.25) is 0 Å². The van der Waals surface area contributed by atoms with Crippen molar-refractivity contribution in [1.82, 2.24) is 5.32 Å². The molecule has 1 N–H and O–H groups in total. The number of hydrogen-bond donors (Lipinski definition) is 1. The molecule has 0 amide bonds. The third-order valence-electron chi connectivity index (χ3n) is 4.59. The first-order chi connectivity index (χ1) is 10.2. The number of hydrogen-bond acceptors (Lipinski definition) is 2. The van der Waals surface area contributed by atoms with Crippen molar-refractivity contribution >= 4 is 0 Å². The molecular weight excluding hydrogens is 258 g/mol. The Kier molecular flexibility index (Phi) is 6.25. The SMILES string of the molecule is CCCNC(c1cc(CC)ccc1CC)C1CCC(C)O1. The van der Waals surface area contributed by atoms with E-state index in [4.69, 9.17) is 4.74 Å². The summed E-state index contributed by atoms with van der Waals surface area (Å²) < 4.78 is 6.19. The van der Waals surface area contributed by atoms with E-state index in [1.807, 2.05) is 0 Å². The summed E-state index contributed by atoms with van der Waals surface area (Å²) in [4.78, 5) is 0. The van der Waals surface area contributed by atoms with Crippen molar-refractivity contribution in [2.45, 2.75) is 78.0 Å². The van der Waals surface area contributed by atoms with E-state index >= 15 is 0 Å². The highest BCUT2D eigenvalue weighted by Crippen LogP contribution is 2.32. The summed E-state index contributed by atoms with van der Waals surface area (Å²) in [6.07, 6.45) is 6.43. The van der Waals surface area contributed by atoms with Crippen molar-refractivity contribution in [1.29, 1.82) is 0 Å². The van der Waals surface area contributed by atoms with Gasteiger partial charge in [-0.05, 0) is 62.3 Å². The van der Waals surface area contributed by atoms with E-state index in [0.29, 0.717) is 18.2 Å². The van der Waals surface area contributed by atoms with E-state index in [-0.39, 0.29) is 0 Å². The van der Waals surface area contributed by atoms with Gasteiger partial charge >= 0.3 is 0 Å². The minimum absolute atomic E-state index is 0.323. The number of benzene rings is 1. The van der Waals surface area contributed by atoms with E-state index in [1.54, 1.807) is 0 Å². The van der Waals surface area contributed by atoms with Crippen molar-refractivity contribution in [3.05, 3.63) is 34.9 Å². The van der Waals surface area contributed by atoms with Crippen LogP contribution in [0.5, 0.6) is 0 Å². The van der Waals surface area contributed by atoms with Crippen LogP contribution >= 0.6 is 0 Å². The first-order valence-corrected chi connectivity index (χ1v) is 8.70. The molecule has 2 rings (SSSR count). The average Bonchev–Trinajstić information content (AvgIpc) is 2.93. The van der Waals surface area contributed by atoms with Crippen LogP contribution in [0.4, 0.5) is 0 Å². The van der Waals surface area contributed by atoms with Gasteiger partial charge in [-0.2, -0.15) is 0 Å². The minimum atomic E-state index is 0.323. The van der Waals surface area contributed by atoms with Crippen LogP contribution in [0, 0.1) is 0 Å². The van der Waals surface area contributed by atoms with E-state index < -0.39 is 0 Å². The summed E-state index contributed by atoms with van der Waals surface area (Å²) in [6, 6.07) is 7.33.